The molecule has 1 aliphatic heterocycles. The first kappa shape index (κ1) is 21.9. The van der Waals surface area contributed by atoms with Crippen LogP contribution in [0.5, 0.6) is 0 Å². The van der Waals surface area contributed by atoms with Gasteiger partial charge in [-0.3, -0.25) is 9.59 Å². The minimum Gasteiger partial charge on any atom is -0.349 e. The summed E-state index contributed by atoms with van der Waals surface area (Å²) in [4.78, 5) is 26.6. The summed E-state index contributed by atoms with van der Waals surface area (Å²) in [6, 6.07) is 11.7. The molecule has 1 saturated heterocycles. The van der Waals surface area contributed by atoms with Crippen LogP contribution in [0.25, 0.3) is 0 Å². The molecule has 1 N–H and O–H groups in total. The Kier molecular flexibility index (Phi) is 6.48. The Morgan fingerprint density at radius 3 is 1.97 bits per heavy atom. The van der Waals surface area contributed by atoms with Crippen LogP contribution in [0.1, 0.15) is 64.4 Å². The van der Waals surface area contributed by atoms with Gasteiger partial charge in [0, 0.05) is 30.3 Å². The molecule has 2 amide bonds. The lowest BCUT2D eigenvalue weighted by molar-refractivity contribution is -0.137. The maximum Gasteiger partial charge on any atom is 0.416 e. The van der Waals surface area contributed by atoms with E-state index in [1.807, 2.05) is 24.3 Å². The summed E-state index contributed by atoms with van der Waals surface area (Å²) in [5, 5.41) is 3.01. The fourth-order valence-electron chi connectivity index (χ4n) is 3.50. The molecule has 7 heteroatoms. The summed E-state index contributed by atoms with van der Waals surface area (Å²) in [6.07, 6.45) is -3.22. The predicted molar refractivity (Wildman–Crippen MR) is 108 cm³/mol. The first-order valence-electron chi connectivity index (χ1n) is 10.0. The van der Waals surface area contributed by atoms with Gasteiger partial charge in [0.05, 0.1) is 5.56 Å². The van der Waals surface area contributed by atoms with Crippen LogP contribution < -0.4 is 5.32 Å². The predicted octanol–water partition coefficient (Wildman–Crippen LogP) is 4.86. The Labute approximate surface area is 174 Å². The van der Waals surface area contributed by atoms with Gasteiger partial charge in [-0.15, -0.1) is 0 Å². The van der Waals surface area contributed by atoms with Crippen molar-refractivity contribution >= 4 is 11.8 Å². The highest BCUT2D eigenvalue weighted by atomic mass is 19.4. The normalized spacial score (nSPS) is 15.3. The van der Waals surface area contributed by atoms with E-state index in [1.54, 1.807) is 4.90 Å². The molecule has 2 aromatic rings. The molecule has 0 unspecified atom stereocenters. The van der Waals surface area contributed by atoms with Gasteiger partial charge in [-0.2, -0.15) is 13.2 Å². The lowest BCUT2D eigenvalue weighted by Gasteiger charge is -2.32. The lowest BCUT2D eigenvalue weighted by Crippen LogP contribution is -2.46. The number of nitrogens with zero attached hydrogens (tertiary/aromatic N) is 1. The highest BCUT2D eigenvalue weighted by Crippen LogP contribution is 2.29. The van der Waals surface area contributed by atoms with E-state index in [-0.39, 0.29) is 23.4 Å². The molecule has 0 radical (unpaired) electrons. The summed E-state index contributed by atoms with van der Waals surface area (Å²) in [5.74, 6) is -0.0377. The van der Waals surface area contributed by atoms with Crippen LogP contribution in [0.3, 0.4) is 0 Å². The van der Waals surface area contributed by atoms with Gasteiger partial charge in [0.1, 0.15) is 0 Å². The Balaban J connectivity index is 1.53. The molecular weight excluding hydrogens is 393 g/mol. The van der Waals surface area contributed by atoms with E-state index in [2.05, 4.69) is 19.2 Å². The maximum absolute atomic E-state index is 12.7. The second kappa shape index (κ2) is 8.90. The topological polar surface area (TPSA) is 49.4 Å². The van der Waals surface area contributed by atoms with Crippen molar-refractivity contribution in [1.82, 2.24) is 10.2 Å². The molecular formula is C23H25F3N2O2. The molecule has 30 heavy (non-hydrogen) atoms. The third-order valence-corrected chi connectivity index (χ3v) is 5.42. The number of nitrogens with one attached hydrogen (secondary N) is 1. The summed E-state index contributed by atoms with van der Waals surface area (Å²) < 4.78 is 38.0. The number of likely N-dealkylation sites (tertiary alicyclic amines) is 1. The molecule has 0 atom stereocenters. The first-order chi connectivity index (χ1) is 14.1. The minimum atomic E-state index is -4.42. The molecule has 0 aliphatic carbocycles. The van der Waals surface area contributed by atoms with E-state index < -0.39 is 11.7 Å². The van der Waals surface area contributed by atoms with Gasteiger partial charge in [0.15, 0.2) is 0 Å². The number of halogens is 3. The van der Waals surface area contributed by atoms with Crippen LogP contribution in [0.15, 0.2) is 48.5 Å². The molecule has 0 spiro atoms. The average molecular weight is 418 g/mol. The van der Waals surface area contributed by atoms with Crippen LogP contribution in [0.2, 0.25) is 0 Å². The van der Waals surface area contributed by atoms with E-state index >= 15 is 0 Å². The van der Waals surface area contributed by atoms with Gasteiger partial charge in [0.25, 0.3) is 11.8 Å². The zero-order valence-corrected chi connectivity index (χ0v) is 17.0. The van der Waals surface area contributed by atoms with Crippen molar-refractivity contribution in [2.24, 2.45) is 0 Å². The molecule has 0 aromatic heterocycles. The number of hydrogen-bond acceptors (Lipinski definition) is 2. The molecule has 0 saturated carbocycles. The zero-order chi connectivity index (χ0) is 21.9. The number of alkyl halides is 3. The van der Waals surface area contributed by atoms with Crippen LogP contribution in [0, 0.1) is 0 Å². The molecule has 0 bridgehead atoms. The van der Waals surface area contributed by atoms with Crippen molar-refractivity contribution in [2.75, 3.05) is 13.1 Å². The van der Waals surface area contributed by atoms with Gasteiger partial charge in [-0.05, 0) is 60.7 Å². The molecule has 2 aromatic carbocycles. The number of carbonyl (C=O) groups excluding carboxylic acids is 2. The zero-order valence-electron chi connectivity index (χ0n) is 17.0. The summed E-state index contributed by atoms with van der Waals surface area (Å²) >= 11 is 0. The second-order valence-corrected chi connectivity index (χ2v) is 7.89. The third kappa shape index (κ3) is 5.20. The van der Waals surface area contributed by atoms with Crippen molar-refractivity contribution in [3.05, 3.63) is 70.8 Å². The summed E-state index contributed by atoms with van der Waals surface area (Å²) in [7, 11) is 0. The quantitative estimate of drug-likeness (QED) is 0.771. The molecule has 160 valence electrons. The molecule has 3 rings (SSSR count). The standard InChI is InChI=1S/C23H25F3N2O2/c1-15(2)16-3-5-17(6-4-16)21(29)27-20-11-13-28(14-12-20)22(30)18-7-9-19(10-8-18)23(24,25)26/h3-10,15,20H,11-14H2,1-2H3,(H,27,29). The Bertz CT molecular complexity index is 882. The monoisotopic (exact) mass is 418 g/mol. The minimum absolute atomic E-state index is 0.0427. The van der Waals surface area contributed by atoms with Crippen LogP contribution in [-0.2, 0) is 6.18 Å². The van der Waals surface area contributed by atoms with E-state index in [1.165, 1.54) is 17.7 Å². The first-order valence-corrected chi connectivity index (χ1v) is 10.0. The fraction of sp³-hybridized carbons (Fsp3) is 0.391. The van der Waals surface area contributed by atoms with E-state index in [0.717, 1.165) is 12.1 Å². The number of rotatable bonds is 4. The van der Waals surface area contributed by atoms with E-state index in [9.17, 15) is 22.8 Å². The second-order valence-electron chi connectivity index (χ2n) is 7.89. The Hall–Kier alpha value is -2.83. The van der Waals surface area contributed by atoms with Crippen molar-refractivity contribution in [3.63, 3.8) is 0 Å². The molecule has 1 aliphatic rings. The lowest BCUT2D eigenvalue weighted by atomic mass is 10.0. The molecule has 1 heterocycles. The third-order valence-electron chi connectivity index (χ3n) is 5.42. The number of benzene rings is 2. The van der Waals surface area contributed by atoms with Gasteiger partial charge in [-0.25, -0.2) is 0 Å². The smallest absolute Gasteiger partial charge is 0.349 e. The van der Waals surface area contributed by atoms with Crippen molar-refractivity contribution < 1.29 is 22.8 Å². The van der Waals surface area contributed by atoms with Crippen molar-refractivity contribution in [3.8, 4) is 0 Å². The van der Waals surface area contributed by atoms with Gasteiger partial charge < -0.3 is 10.2 Å². The van der Waals surface area contributed by atoms with Gasteiger partial charge in [0.2, 0.25) is 0 Å². The SMILES string of the molecule is CC(C)c1ccc(C(=O)NC2CCN(C(=O)c3ccc(C(F)(F)F)cc3)CC2)cc1. The van der Waals surface area contributed by atoms with E-state index in [4.69, 9.17) is 0 Å². The average Bonchev–Trinajstić information content (AvgIpc) is 2.73. The van der Waals surface area contributed by atoms with Gasteiger partial charge in [-0.1, -0.05) is 26.0 Å². The summed E-state index contributed by atoms with van der Waals surface area (Å²) in [6.45, 7) is 5.07. The van der Waals surface area contributed by atoms with Crippen LogP contribution >= 0.6 is 0 Å². The summed E-state index contributed by atoms with van der Waals surface area (Å²) in [5.41, 5.74) is 1.22. The van der Waals surface area contributed by atoms with Crippen molar-refractivity contribution in [1.29, 1.82) is 0 Å². The Morgan fingerprint density at radius 2 is 1.47 bits per heavy atom. The van der Waals surface area contributed by atoms with Gasteiger partial charge >= 0.3 is 6.18 Å². The molecule has 1 fully saturated rings. The maximum atomic E-state index is 12.7. The fourth-order valence-corrected chi connectivity index (χ4v) is 3.50. The highest BCUT2D eigenvalue weighted by molar-refractivity contribution is 5.95. The van der Waals surface area contributed by atoms with Crippen LogP contribution in [-0.4, -0.2) is 35.8 Å². The van der Waals surface area contributed by atoms with Crippen molar-refractivity contribution in [2.45, 2.75) is 44.8 Å². The van der Waals surface area contributed by atoms with E-state index in [0.29, 0.717) is 37.4 Å². The largest absolute Gasteiger partial charge is 0.416 e. The highest BCUT2D eigenvalue weighted by Gasteiger charge is 2.31. The number of carbonyl (C=O) groups is 2. The number of hydrogen-bond donors (Lipinski definition) is 1. The Morgan fingerprint density at radius 1 is 0.933 bits per heavy atom. The van der Waals surface area contributed by atoms with Crippen LogP contribution in [0.4, 0.5) is 13.2 Å². The number of piperidine rings is 1. The molecule has 4 nitrogen and oxygen atoms in total. The number of amides is 2.